The minimum absolute atomic E-state index is 0.0861. The van der Waals surface area contributed by atoms with E-state index in [9.17, 15) is 4.79 Å². The highest BCUT2D eigenvalue weighted by atomic mass is 79.9. The van der Waals surface area contributed by atoms with Gasteiger partial charge in [0.15, 0.2) is 0 Å². The summed E-state index contributed by atoms with van der Waals surface area (Å²) in [5.41, 5.74) is 1.03. The van der Waals surface area contributed by atoms with Crippen LogP contribution in [0, 0.1) is 0 Å². The molecular formula is C13H14BrNO3. The van der Waals surface area contributed by atoms with E-state index in [-0.39, 0.29) is 17.7 Å². The number of hydrogen-bond donors (Lipinski definition) is 1. The van der Waals surface area contributed by atoms with Gasteiger partial charge in [-0.1, -0.05) is 28.1 Å². The molecule has 0 bridgehead atoms. The molecule has 1 unspecified atom stereocenters. The van der Waals surface area contributed by atoms with Gasteiger partial charge in [0.2, 0.25) is 5.76 Å². The third-order valence-corrected chi connectivity index (χ3v) is 3.12. The van der Waals surface area contributed by atoms with E-state index in [0.29, 0.717) is 13.2 Å². The molecule has 1 heterocycles. The molecule has 0 aromatic heterocycles. The van der Waals surface area contributed by atoms with Crippen molar-refractivity contribution in [1.82, 2.24) is 5.32 Å². The van der Waals surface area contributed by atoms with Crippen LogP contribution in [0.3, 0.4) is 0 Å². The molecule has 2 rings (SSSR count). The summed E-state index contributed by atoms with van der Waals surface area (Å²) in [5, 5.41) is 2.86. The molecule has 0 spiro atoms. The largest absolute Gasteiger partial charge is 0.494 e. The fourth-order valence-corrected chi connectivity index (χ4v) is 1.85. The number of benzene rings is 1. The average Bonchev–Trinajstić information content (AvgIpc) is 2.40. The van der Waals surface area contributed by atoms with Crippen molar-refractivity contribution in [1.29, 1.82) is 0 Å². The second-order valence-corrected chi connectivity index (χ2v) is 4.86. The van der Waals surface area contributed by atoms with E-state index in [2.05, 4.69) is 21.2 Å². The van der Waals surface area contributed by atoms with Gasteiger partial charge in [0.1, 0.15) is 19.5 Å². The summed E-state index contributed by atoms with van der Waals surface area (Å²) < 4.78 is 11.3. The van der Waals surface area contributed by atoms with E-state index in [4.69, 9.17) is 9.47 Å². The van der Waals surface area contributed by atoms with Crippen molar-refractivity contribution < 1.29 is 14.3 Å². The predicted octanol–water partition coefficient (Wildman–Crippen LogP) is 2.51. The molecule has 96 valence electrons. The Kier molecular flexibility index (Phi) is 4.25. The zero-order chi connectivity index (χ0) is 13.0. The molecule has 0 radical (unpaired) electrons. The van der Waals surface area contributed by atoms with Crippen molar-refractivity contribution in [2.75, 3.05) is 13.2 Å². The molecule has 0 saturated carbocycles. The summed E-state index contributed by atoms with van der Waals surface area (Å²) in [6.07, 6.45) is 1.35. The Morgan fingerprint density at radius 3 is 2.67 bits per heavy atom. The predicted molar refractivity (Wildman–Crippen MR) is 70.7 cm³/mol. The molecule has 0 fully saturated rings. The minimum Gasteiger partial charge on any atom is -0.494 e. The lowest BCUT2D eigenvalue weighted by molar-refractivity contribution is -0.122. The smallest absolute Gasteiger partial charge is 0.290 e. The van der Waals surface area contributed by atoms with Gasteiger partial charge in [0.25, 0.3) is 5.91 Å². The molecular weight excluding hydrogens is 298 g/mol. The van der Waals surface area contributed by atoms with Gasteiger partial charge in [-0.3, -0.25) is 4.79 Å². The number of nitrogens with one attached hydrogen (secondary N) is 1. The molecule has 0 aliphatic carbocycles. The summed E-state index contributed by atoms with van der Waals surface area (Å²) >= 11 is 3.37. The van der Waals surface area contributed by atoms with Crippen molar-refractivity contribution >= 4 is 21.8 Å². The van der Waals surface area contributed by atoms with Crippen molar-refractivity contribution in [2.45, 2.75) is 13.0 Å². The summed E-state index contributed by atoms with van der Waals surface area (Å²) in [5.74, 6) is -0.0321. The lowest BCUT2D eigenvalue weighted by atomic mass is 10.1. The standard InChI is InChI=1S/C13H14BrNO3/c1-9(10-2-4-11(14)5-3-10)15-13(16)12-8-17-6-7-18-12/h2-5,8-9H,6-7H2,1H3,(H,15,16). The van der Waals surface area contributed by atoms with Gasteiger partial charge < -0.3 is 14.8 Å². The Labute approximate surface area is 114 Å². The van der Waals surface area contributed by atoms with Crippen molar-refractivity contribution in [2.24, 2.45) is 0 Å². The monoisotopic (exact) mass is 311 g/mol. The van der Waals surface area contributed by atoms with Gasteiger partial charge in [0.05, 0.1) is 6.04 Å². The first-order chi connectivity index (χ1) is 8.66. The third kappa shape index (κ3) is 3.26. The maximum absolute atomic E-state index is 11.9. The van der Waals surface area contributed by atoms with Gasteiger partial charge in [-0.15, -0.1) is 0 Å². The molecule has 1 aromatic rings. The zero-order valence-electron chi connectivity index (χ0n) is 9.98. The van der Waals surface area contributed by atoms with Crippen LogP contribution in [0.2, 0.25) is 0 Å². The van der Waals surface area contributed by atoms with Crippen LogP contribution in [0.25, 0.3) is 0 Å². The van der Waals surface area contributed by atoms with Gasteiger partial charge in [-0.25, -0.2) is 0 Å². The summed E-state index contributed by atoms with van der Waals surface area (Å²) in [6, 6.07) is 7.72. The van der Waals surface area contributed by atoms with Gasteiger partial charge in [-0.2, -0.15) is 0 Å². The van der Waals surface area contributed by atoms with E-state index in [1.165, 1.54) is 6.26 Å². The molecule has 1 atom stereocenters. The second kappa shape index (κ2) is 5.91. The van der Waals surface area contributed by atoms with Gasteiger partial charge >= 0.3 is 0 Å². The molecule has 1 aliphatic heterocycles. The third-order valence-electron chi connectivity index (χ3n) is 2.59. The first-order valence-corrected chi connectivity index (χ1v) is 6.47. The first kappa shape index (κ1) is 13.0. The Morgan fingerprint density at radius 2 is 2.06 bits per heavy atom. The number of rotatable bonds is 3. The number of carbonyl (C=O) groups is 1. The molecule has 18 heavy (non-hydrogen) atoms. The van der Waals surface area contributed by atoms with E-state index in [1.807, 2.05) is 31.2 Å². The minimum atomic E-state index is -0.259. The maximum Gasteiger partial charge on any atom is 0.290 e. The molecule has 1 amide bonds. The summed E-state index contributed by atoms with van der Waals surface area (Å²) in [6.45, 7) is 2.82. The number of carbonyl (C=O) groups excluding carboxylic acids is 1. The first-order valence-electron chi connectivity index (χ1n) is 5.68. The van der Waals surface area contributed by atoms with Crippen LogP contribution < -0.4 is 5.32 Å². The summed E-state index contributed by atoms with van der Waals surface area (Å²) in [4.78, 5) is 11.9. The van der Waals surface area contributed by atoms with Crippen LogP contribution in [0.1, 0.15) is 18.5 Å². The molecule has 5 heteroatoms. The molecule has 1 aromatic carbocycles. The quantitative estimate of drug-likeness (QED) is 0.933. The molecule has 4 nitrogen and oxygen atoms in total. The molecule has 1 aliphatic rings. The number of halogens is 1. The van der Waals surface area contributed by atoms with Crippen molar-refractivity contribution in [3.05, 3.63) is 46.3 Å². The maximum atomic E-state index is 11.9. The topological polar surface area (TPSA) is 47.6 Å². The highest BCUT2D eigenvalue weighted by molar-refractivity contribution is 9.10. The Morgan fingerprint density at radius 1 is 1.33 bits per heavy atom. The SMILES string of the molecule is CC(NC(=O)C1=COCCO1)c1ccc(Br)cc1. The number of hydrogen-bond acceptors (Lipinski definition) is 3. The van der Waals surface area contributed by atoms with Crippen LogP contribution in [-0.4, -0.2) is 19.1 Å². The summed E-state index contributed by atoms with van der Waals surface area (Å²) in [7, 11) is 0. The van der Waals surface area contributed by atoms with Gasteiger partial charge in [0, 0.05) is 4.47 Å². The fourth-order valence-electron chi connectivity index (χ4n) is 1.59. The van der Waals surface area contributed by atoms with E-state index in [1.54, 1.807) is 0 Å². The highest BCUT2D eigenvalue weighted by Gasteiger charge is 2.17. The van der Waals surface area contributed by atoms with Crippen LogP contribution in [-0.2, 0) is 14.3 Å². The Bertz CT molecular complexity index is 456. The van der Waals surface area contributed by atoms with E-state index < -0.39 is 0 Å². The Balaban J connectivity index is 1.98. The normalized spacial score (nSPS) is 16.0. The number of amides is 1. The van der Waals surface area contributed by atoms with Crippen molar-refractivity contribution in [3.63, 3.8) is 0 Å². The second-order valence-electron chi connectivity index (χ2n) is 3.95. The average molecular weight is 312 g/mol. The van der Waals surface area contributed by atoms with E-state index in [0.717, 1.165) is 10.0 Å². The van der Waals surface area contributed by atoms with Crippen molar-refractivity contribution in [3.8, 4) is 0 Å². The lowest BCUT2D eigenvalue weighted by Crippen LogP contribution is -2.30. The zero-order valence-corrected chi connectivity index (χ0v) is 11.6. The lowest BCUT2D eigenvalue weighted by Gasteiger charge is -2.18. The van der Waals surface area contributed by atoms with Gasteiger partial charge in [-0.05, 0) is 24.6 Å². The Hall–Kier alpha value is -1.49. The van der Waals surface area contributed by atoms with Crippen LogP contribution >= 0.6 is 15.9 Å². The van der Waals surface area contributed by atoms with E-state index >= 15 is 0 Å². The molecule has 1 N–H and O–H groups in total. The van der Waals surface area contributed by atoms with Crippen LogP contribution in [0.5, 0.6) is 0 Å². The highest BCUT2D eigenvalue weighted by Crippen LogP contribution is 2.17. The van der Waals surface area contributed by atoms with Crippen LogP contribution in [0.4, 0.5) is 0 Å². The van der Waals surface area contributed by atoms with Crippen LogP contribution in [0.15, 0.2) is 40.8 Å². The number of ether oxygens (including phenoxy) is 2. The fraction of sp³-hybridized carbons (Fsp3) is 0.308. The molecule has 0 saturated heterocycles.